The standard InChI is InChI=1S/C14H20N4/c1-5-15-8-13-9-16-10(2)7-14(13)18-12(4)6-11(3)17-18/h6-7,9,15H,5,8H2,1-4H3. The predicted molar refractivity (Wildman–Crippen MR) is 73.0 cm³/mol. The molecule has 4 nitrogen and oxygen atoms in total. The van der Waals surface area contributed by atoms with Gasteiger partial charge in [-0.25, -0.2) is 4.68 Å². The lowest BCUT2D eigenvalue weighted by Crippen LogP contribution is -2.15. The number of hydrogen-bond acceptors (Lipinski definition) is 3. The average Bonchev–Trinajstić information content (AvgIpc) is 2.67. The molecule has 0 aromatic carbocycles. The third kappa shape index (κ3) is 2.59. The minimum Gasteiger partial charge on any atom is -0.313 e. The highest BCUT2D eigenvalue weighted by Gasteiger charge is 2.09. The predicted octanol–water partition coefficient (Wildman–Crippen LogP) is 2.30. The lowest BCUT2D eigenvalue weighted by atomic mass is 10.2. The van der Waals surface area contributed by atoms with Crippen molar-refractivity contribution in [2.75, 3.05) is 6.54 Å². The number of hydrogen-bond donors (Lipinski definition) is 1. The molecule has 0 amide bonds. The quantitative estimate of drug-likeness (QED) is 0.897. The van der Waals surface area contributed by atoms with Gasteiger partial charge in [0.25, 0.3) is 0 Å². The van der Waals surface area contributed by atoms with E-state index in [-0.39, 0.29) is 0 Å². The first-order valence-electron chi connectivity index (χ1n) is 6.31. The van der Waals surface area contributed by atoms with Crippen molar-refractivity contribution in [1.29, 1.82) is 0 Å². The highest BCUT2D eigenvalue weighted by molar-refractivity contribution is 5.41. The molecular weight excluding hydrogens is 224 g/mol. The molecule has 0 radical (unpaired) electrons. The van der Waals surface area contributed by atoms with Crippen LogP contribution in [0, 0.1) is 20.8 Å². The van der Waals surface area contributed by atoms with Gasteiger partial charge in [-0.3, -0.25) is 4.98 Å². The summed E-state index contributed by atoms with van der Waals surface area (Å²) in [5.41, 5.74) is 5.49. The molecule has 18 heavy (non-hydrogen) atoms. The van der Waals surface area contributed by atoms with Crippen molar-refractivity contribution in [3.63, 3.8) is 0 Å². The summed E-state index contributed by atoms with van der Waals surface area (Å²) in [6.07, 6.45) is 1.93. The van der Waals surface area contributed by atoms with E-state index in [0.717, 1.165) is 35.9 Å². The van der Waals surface area contributed by atoms with Crippen LogP contribution in [-0.2, 0) is 6.54 Å². The van der Waals surface area contributed by atoms with E-state index in [9.17, 15) is 0 Å². The van der Waals surface area contributed by atoms with Crippen LogP contribution in [0.15, 0.2) is 18.3 Å². The van der Waals surface area contributed by atoms with Gasteiger partial charge in [-0.05, 0) is 39.4 Å². The number of rotatable bonds is 4. The van der Waals surface area contributed by atoms with Crippen LogP contribution in [0.3, 0.4) is 0 Å². The van der Waals surface area contributed by atoms with Crippen molar-refractivity contribution in [1.82, 2.24) is 20.1 Å². The fourth-order valence-corrected chi connectivity index (χ4v) is 2.04. The SMILES string of the molecule is CCNCc1cnc(C)cc1-n1nc(C)cc1C. The zero-order chi connectivity index (χ0) is 13.1. The molecule has 0 atom stereocenters. The van der Waals surface area contributed by atoms with Gasteiger partial charge in [0, 0.05) is 29.7 Å². The Morgan fingerprint density at radius 2 is 1.94 bits per heavy atom. The Hall–Kier alpha value is -1.68. The molecule has 0 aliphatic heterocycles. The first kappa shape index (κ1) is 12.8. The van der Waals surface area contributed by atoms with Gasteiger partial charge in [-0.15, -0.1) is 0 Å². The molecular formula is C14H20N4. The van der Waals surface area contributed by atoms with Crippen molar-refractivity contribution in [3.05, 3.63) is 41.0 Å². The monoisotopic (exact) mass is 244 g/mol. The summed E-state index contributed by atoms with van der Waals surface area (Å²) in [7, 11) is 0. The lowest BCUT2D eigenvalue weighted by Gasteiger charge is -2.12. The van der Waals surface area contributed by atoms with Gasteiger partial charge in [-0.1, -0.05) is 6.92 Å². The van der Waals surface area contributed by atoms with Crippen LogP contribution in [0.25, 0.3) is 5.69 Å². The normalized spacial score (nSPS) is 10.9. The zero-order valence-electron chi connectivity index (χ0n) is 11.5. The summed E-state index contributed by atoms with van der Waals surface area (Å²) >= 11 is 0. The molecule has 2 heterocycles. The fourth-order valence-electron chi connectivity index (χ4n) is 2.04. The number of nitrogens with zero attached hydrogens (tertiary/aromatic N) is 3. The van der Waals surface area contributed by atoms with Crippen LogP contribution < -0.4 is 5.32 Å². The van der Waals surface area contributed by atoms with E-state index in [0.29, 0.717) is 0 Å². The topological polar surface area (TPSA) is 42.7 Å². The summed E-state index contributed by atoms with van der Waals surface area (Å²) in [6, 6.07) is 4.18. The number of pyridine rings is 1. The largest absolute Gasteiger partial charge is 0.313 e. The van der Waals surface area contributed by atoms with Crippen LogP contribution in [0.1, 0.15) is 29.6 Å². The van der Waals surface area contributed by atoms with E-state index in [1.54, 1.807) is 0 Å². The van der Waals surface area contributed by atoms with Gasteiger partial charge < -0.3 is 5.32 Å². The van der Waals surface area contributed by atoms with Crippen LogP contribution in [0.4, 0.5) is 0 Å². The molecule has 2 aromatic rings. The Balaban J connectivity index is 2.47. The first-order valence-corrected chi connectivity index (χ1v) is 6.31. The summed E-state index contributed by atoms with van der Waals surface area (Å²) in [5.74, 6) is 0. The van der Waals surface area contributed by atoms with Crippen molar-refractivity contribution >= 4 is 0 Å². The lowest BCUT2D eigenvalue weighted by molar-refractivity contribution is 0.709. The van der Waals surface area contributed by atoms with E-state index in [1.165, 1.54) is 5.56 Å². The van der Waals surface area contributed by atoms with E-state index >= 15 is 0 Å². The van der Waals surface area contributed by atoms with Gasteiger partial charge in [-0.2, -0.15) is 5.10 Å². The zero-order valence-corrected chi connectivity index (χ0v) is 11.5. The molecule has 0 spiro atoms. The van der Waals surface area contributed by atoms with Crippen LogP contribution in [0.5, 0.6) is 0 Å². The summed E-state index contributed by atoms with van der Waals surface area (Å²) < 4.78 is 2.00. The van der Waals surface area contributed by atoms with Gasteiger partial charge in [0.2, 0.25) is 0 Å². The molecule has 4 heteroatoms. The third-order valence-electron chi connectivity index (χ3n) is 2.90. The minimum atomic E-state index is 0.817. The van der Waals surface area contributed by atoms with Gasteiger partial charge in [0.1, 0.15) is 0 Å². The molecule has 0 aliphatic rings. The van der Waals surface area contributed by atoms with E-state index in [4.69, 9.17) is 0 Å². The smallest absolute Gasteiger partial charge is 0.0727 e. The highest BCUT2D eigenvalue weighted by atomic mass is 15.3. The molecule has 0 saturated carbocycles. The maximum atomic E-state index is 4.55. The number of aromatic nitrogens is 3. The molecule has 2 aromatic heterocycles. The Labute approximate surface area is 108 Å². The second-order valence-electron chi connectivity index (χ2n) is 4.57. The first-order chi connectivity index (χ1) is 8.61. The molecule has 96 valence electrons. The Bertz CT molecular complexity index is 543. The second-order valence-corrected chi connectivity index (χ2v) is 4.57. The highest BCUT2D eigenvalue weighted by Crippen LogP contribution is 2.17. The van der Waals surface area contributed by atoms with Crippen LogP contribution >= 0.6 is 0 Å². The fraction of sp³-hybridized carbons (Fsp3) is 0.429. The average molecular weight is 244 g/mol. The van der Waals surface area contributed by atoms with Crippen LogP contribution in [-0.4, -0.2) is 21.3 Å². The van der Waals surface area contributed by atoms with Crippen molar-refractivity contribution < 1.29 is 0 Å². The Morgan fingerprint density at radius 3 is 2.56 bits per heavy atom. The van der Waals surface area contributed by atoms with Crippen LogP contribution in [0.2, 0.25) is 0 Å². The summed E-state index contributed by atoms with van der Waals surface area (Å²) in [4.78, 5) is 4.37. The summed E-state index contributed by atoms with van der Waals surface area (Å²) in [5, 5.41) is 7.89. The Morgan fingerprint density at radius 1 is 1.17 bits per heavy atom. The van der Waals surface area contributed by atoms with E-state index in [2.05, 4.69) is 41.4 Å². The third-order valence-corrected chi connectivity index (χ3v) is 2.90. The van der Waals surface area contributed by atoms with Crippen molar-refractivity contribution in [2.24, 2.45) is 0 Å². The summed E-state index contributed by atoms with van der Waals surface area (Å²) in [6.45, 7) is 9.97. The van der Waals surface area contributed by atoms with E-state index in [1.807, 2.05) is 24.7 Å². The van der Waals surface area contributed by atoms with Crippen molar-refractivity contribution in [3.8, 4) is 5.69 Å². The second kappa shape index (κ2) is 5.31. The maximum absolute atomic E-state index is 4.55. The molecule has 0 fully saturated rings. The molecule has 0 aliphatic carbocycles. The number of nitrogens with one attached hydrogen (secondary N) is 1. The molecule has 1 N–H and O–H groups in total. The van der Waals surface area contributed by atoms with Gasteiger partial charge in [0.15, 0.2) is 0 Å². The molecule has 0 unspecified atom stereocenters. The van der Waals surface area contributed by atoms with Gasteiger partial charge >= 0.3 is 0 Å². The molecule has 2 rings (SSSR count). The maximum Gasteiger partial charge on any atom is 0.0727 e. The van der Waals surface area contributed by atoms with Gasteiger partial charge in [0.05, 0.1) is 11.4 Å². The molecule has 0 bridgehead atoms. The van der Waals surface area contributed by atoms with Crippen molar-refractivity contribution in [2.45, 2.75) is 34.2 Å². The molecule has 0 saturated heterocycles. The van der Waals surface area contributed by atoms with E-state index < -0.39 is 0 Å². The Kier molecular flexibility index (Phi) is 3.77. The number of aryl methyl sites for hydroxylation is 3. The minimum absolute atomic E-state index is 0.817.